The molecule has 0 bridgehead atoms. The third kappa shape index (κ3) is 3.08. The summed E-state index contributed by atoms with van der Waals surface area (Å²) in [6.07, 6.45) is 1.87. The van der Waals surface area contributed by atoms with Crippen molar-refractivity contribution in [1.82, 2.24) is 5.32 Å². The fraction of sp³-hybridized carbons (Fsp3) is 0.250. The van der Waals surface area contributed by atoms with Crippen LogP contribution in [0.3, 0.4) is 0 Å². The number of hydrogen-bond donors (Lipinski definition) is 1. The lowest BCUT2D eigenvalue weighted by molar-refractivity contribution is -0.119. The Bertz CT molecular complexity index is 885. The van der Waals surface area contributed by atoms with Crippen LogP contribution >= 0.6 is 23.1 Å². The Balaban J connectivity index is 1.65. The zero-order valence-electron chi connectivity index (χ0n) is 13.5. The second-order valence-electron chi connectivity index (χ2n) is 6.26. The number of thioether (sulfide) groups is 1. The van der Waals surface area contributed by atoms with Gasteiger partial charge in [0.2, 0.25) is 5.91 Å². The Kier molecular flexibility index (Phi) is 4.33. The second-order valence-corrected chi connectivity index (χ2v) is 8.18. The summed E-state index contributed by atoms with van der Waals surface area (Å²) in [5.41, 5.74) is 4.14. The number of rotatable bonds is 4. The van der Waals surface area contributed by atoms with E-state index >= 15 is 0 Å². The van der Waals surface area contributed by atoms with E-state index in [9.17, 15) is 4.79 Å². The maximum absolute atomic E-state index is 11.5. The molecule has 1 amide bonds. The fourth-order valence-electron chi connectivity index (χ4n) is 3.45. The quantitative estimate of drug-likeness (QED) is 0.683. The van der Waals surface area contributed by atoms with Crippen LogP contribution < -0.4 is 5.32 Å². The van der Waals surface area contributed by atoms with Gasteiger partial charge < -0.3 is 5.32 Å². The van der Waals surface area contributed by atoms with Gasteiger partial charge in [0.05, 0.1) is 0 Å². The van der Waals surface area contributed by atoms with E-state index in [1.165, 1.54) is 31.7 Å². The van der Waals surface area contributed by atoms with E-state index in [2.05, 4.69) is 53.2 Å². The average Bonchev–Trinajstić information content (AvgIpc) is 2.99. The summed E-state index contributed by atoms with van der Waals surface area (Å²) in [7, 11) is 0. The standard InChI is InChI=1S/C20H19NOS2/c1-13(22)21-16-9-15-12-24-19-8-7-18(17(10-16)20(15)19)23-11-14-5-3-2-4-6-14/h2-8,12,16H,9-11H2,1H3,(H,21,22). The Morgan fingerprint density at radius 2 is 2.04 bits per heavy atom. The van der Waals surface area contributed by atoms with E-state index in [-0.39, 0.29) is 11.9 Å². The first-order chi connectivity index (χ1) is 11.7. The van der Waals surface area contributed by atoms with Crippen molar-refractivity contribution >= 4 is 39.1 Å². The maximum atomic E-state index is 11.5. The normalized spacial score (nSPS) is 16.3. The molecular weight excluding hydrogens is 334 g/mol. The predicted molar refractivity (Wildman–Crippen MR) is 103 cm³/mol. The third-order valence-corrected chi connectivity index (χ3v) is 6.61. The zero-order chi connectivity index (χ0) is 16.5. The van der Waals surface area contributed by atoms with Gasteiger partial charge in [-0.05, 0) is 47.0 Å². The van der Waals surface area contributed by atoms with Crippen LogP contribution in [0.25, 0.3) is 10.1 Å². The van der Waals surface area contributed by atoms with E-state index in [0.717, 1.165) is 18.6 Å². The number of carbonyl (C=O) groups is 1. The van der Waals surface area contributed by atoms with Crippen molar-refractivity contribution in [3.8, 4) is 0 Å². The average molecular weight is 354 g/mol. The van der Waals surface area contributed by atoms with Crippen molar-refractivity contribution < 1.29 is 4.79 Å². The molecule has 0 aliphatic heterocycles. The highest BCUT2D eigenvalue weighted by Crippen LogP contribution is 2.40. The fourth-order valence-corrected chi connectivity index (χ4v) is 5.49. The van der Waals surface area contributed by atoms with Crippen molar-refractivity contribution in [2.75, 3.05) is 0 Å². The minimum absolute atomic E-state index is 0.0596. The van der Waals surface area contributed by atoms with Crippen molar-refractivity contribution in [3.63, 3.8) is 0 Å². The van der Waals surface area contributed by atoms with Crippen molar-refractivity contribution in [1.29, 1.82) is 0 Å². The van der Waals surface area contributed by atoms with Gasteiger partial charge in [0.15, 0.2) is 0 Å². The van der Waals surface area contributed by atoms with E-state index in [1.54, 1.807) is 6.92 Å². The van der Waals surface area contributed by atoms with Gasteiger partial charge in [-0.25, -0.2) is 0 Å². The molecule has 2 aromatic carbocycles. The van der Waals surface area contributed by atoms with Crippen LogP contribution in [0, 0.1) is 0 Å². The molecule has 2 nitrogen and oxygen atoms in total. The highest BCUT2D eigenvalue weighted by molar-refractivity contribution is 7.98. The number of nitrogens with one attached hydrogen (secondary N) is 1. The van der Waals surface area contributed by atoms with Crippen molar-refractivity contribution in [2.24, 2.45) is 0 Å². The first kappa shape index (κ1) is 15.7. The molecule has 24 heavy (non-hydrogen) atoms. The summed E-state index contributed by atoms with van der Waals surface area (Å²) in [4.78, 5) is 12.8. The molecular formula is C20H19NOS2. The van der Waals surface area contributed by atoms with E-state index in [0.29, 0.717) is 0 Å². The van der Waals surface area contributed by atoms with E-state index in [1.807, 2.05) is 23.1 Å². The molecule has 0 saturated carbocycles. The monoisotopic (exact) mass is 353 g/mol. The number of hydrogen-bond acceptors (Lipinski definition) is 3. The summed E-state index contributed by atoms with van der Waals surface area (Å²) in [5, 5.41) is 6.80. The summed E-state index contributed by atoms with van der Waals surface area (Å²) < 4.78 is 1.37. The predicted octanol–water partition coefficient (Wildman–Crippen LogP) is 4.80. The molecule has 122 valence electrons. The number of benzene rings is 2. The van der Waals surface area contributed by atoms with Gasteiger partial charge in [0.25, 0.3) is 0 Å². The van der Waals surface area contributed by atoms with Gasteiger partial charge in [-0.2, -0.15) is 0 Å². The molecule has 4 rings (SSSR count). The smallest absolute Gasteiger partial charge is 0.217 e. The number of thiophene rings is 1. The van der Waals surface area contributed by atoms with E-state index < -0.39 is 0 Å². The molecule has 1 aliphatic rings. The Morgan fingerprint density at radius 1 is 1.21 bits per heavy atom. The summed E-state index contributed by atoms with van der Waals surface area (Å²) >= 11 is 3.71. The molecule has 1 aliphatic carbocycles. The Labute approximate surface area is 150 Å². The highest BCUT2D eigenvalue weighted by Gasteiger charge is 2.24. The number of amides is 1. The molecule has 1 heterocycles. The molecule has 0 spiro atoms. The van der Waals surface area contributed by atoms with Gasteiger partial charge >= 0.3 is 0 Å². The lowest BCUT2D eigenvalue weighted by Gasteiger charge is -2.25. The molecule has 1 aromatic heterocycles. The molecule has 0 radical (unpaired) electrons. The van der Waals surface area contributed by atoms with Crippen LogP contribution in [0.15, 0.2) is 52.7 Å². The minimum atomic E-state index is 0.0596. The maximum Gasteiger partial charge on any atom is 0.217 e. The summed E-state index contributed by atoms with van der Waals surface area (Å²) in [6, 6.07) is 15.3. The van der Waals surface area contributed by atoms with Crippen LogP contribution in [-0.2, 0) is 23.4 Å². The van der Waals surface area contributed by atoms with Gasteiger partial charge in [0, 0.05) is 33.7 Å². The highest BCUT2D eigenvalue weighted by atomic mass is 32.2. The summed E-state index contributed by atoms with van der Waals surface area (Å²) in [5.74, 6) is 1.04. The van der Waals surface area contributed by atoms with Gasteiger partial charge in [-0.15, -0.1) is 23.1 Å². The molecule has 1 unspecified atom stereocenters. The van der Waals surface area contributed by atoms with Crippen LogP contribution in [-0.4, -0.2) is 11.9 Å². The van der Waals surface area contributed by atoms with E-state index in [4.69, 9.17) is 0 Å². The molecule has 3 aromatic rings. The third-order valence-electron chi connectivity index (χ3n) is 4.44. The Hall–Kier alpha value is -1.78. The number of carbonyl (C=O) groups excluding carboxylic acids is 1. The molecule has 1 atom stereocenters. The van der Waals surface area contributed by atoms with Crippen molar-refractivity contribution in [3.05, 3.63) is 64.5 Å². The van der Waals surface area contributed by atoms with Crippen LogP contribution in [0.2, 0.25) is 0 Å². The van der Waals surface area contributed by atoms with Crippen LogP contribution in [0.1, 0.15) is 23.6 Å². The second kappa shape index (κ2) is 6.61. The summed E-state index contributed by atoms with van der Waals surface area (Å²) in [6.45, 7) is 1.61. The first-order valence-electron chi connectivity index (χ1n) is 8.16. The molecule has 0 saturated heterocycles. The van der Waals surface area contributed by atoms with Gasteiger partial charge in [-0.3, -0.25) is 4.79 Å². The topological polar surface area (TPSA) is 29.1 Å². The Morgan fingerprint density at radius 3 is 2.83 bits per heavy atom. The molecule has 0 fully saturated rings. The minimum Gasteiger partial charge on any atom is -0.353 e. The lowest BCUT2D eigenvalue weighted by Crippen LogP contribution is -2.38. The zero-order valence-corrected chi connectivity index (χ0v) is 15.2. The molecule has 4 heteroatoms. The SMILES string of the molecule is CC(=O)NC1Cc2csc3ccc(SCc4ccccc4)c(c23)C1. The largest absolute Gasteiger partial charge is 0.353 e. The van der Waals surface area contributed by atoms with Gasteiger partial charge in [-0.1, -0.05) is 30.3 Å². The lowest BCUT2D eigenvalue weighted by atomic mass is 9.89. The van der Waals surface area contributed by atoms with Gasteiger partial charge in [0.1, 0.15) is 0 Å². The van der Waals surface area contributed by atoms with Crippen LogP contribution in [0.4, 0.5) is 0 Å². The molecule has 1 N–H and O–H groups in total. The first-order valence-corrected chi connectivity index (χ1v) is 10.0. The van der Waals surface area contributed by atoms with Crippen molar-refractivity contribution in [2.45, 2.75) is 36.5 Å². The van der Waals surface area contributed by atoms with Crippen LogP contribution in [0.5, 0.6) is 0 Å².